The Bertz CT molecular complexity index is 314. The Morgan fingerprint density at radius 1 is 1.86 bits per heavy atom. The van der Waals surface area contributed by atoms with Crippen LogP contribution in [0.25, 0.3) is 0 Å². The van der Waals surface area contributed by atoms with E-state index in [0.29, 0.717) is 5.92 Å². The first kappa shape index (κ1) is 9.82. The number of hydrogen-bond acceptors (Lipinski definition) is 5. The predicted octanol–water partition coefficient (Wildman–Crippen LogP) is 0.0769. The van der Waals surface area contributed by atoms with Crippen LogP contribution < -0.4 is 15.2 Å². The van der Waals surface area contributed by atoms with Gasteiger partial charge in [0.15, 0.2) is 0 Å². The van der Waals surface area contributed by atoms with Crippen LogP contribution in [0.3, 0.4) is 0 Å². The lowest BCUT2D eigenvalue weighted by atomic mass is 10.1. The molecular formula is C8H14N4OS. The minimum Gasteiger partial charge on any atom is -0.477 e. The second-order valence-electron chi connectivity index (χ2n) is 3.35. The van der Waals surface area contributed by atoms with Gasteiger partial charge in [-0.1, -0.05) is 0 Å². The lowest BCUT2D eigenvalue weighted by Gasteiger charge is -2.24. The molecule has 1 aromatic heterocycles. The molecule has 5 nitrogen and oxygen atoms in total. The second-order valence-corrected chi connectivity index (χ2v) is 4.02. The van der Waals surface area contributed by atoms with Gasteiger partial charge >= 0.3 is 0 Å². The Hall–Kier alpha value is -0.720. The van der Waals surface area contributed by atoms with Gasteiger partial charge in [0.1, 0.15) is 4.90 Å². The van der Waals surface area contributed by atoms with E-state index in [1.54, 1.807) is 6.20 Å². The highest BCUT2D eigenvalue weighted by Gasteiger charge is 2.22. The zero-order valence-electron chi connectivity index (χ0n) is 8.06. The minimum absolute atomic E-state index is 0.489. The second kappa shape index (κ2) is 4.20. The van der Waals surface area contributed by atoms with Crippen molar-refractivity contribution in [1.29, 1.82) is 0 Å². The number of rotatable bonds is 3. The first-order valence-electron chi connectivity index (χ1n) is 4.55. The van der Waals surface area contributed by atoms with Crippen molar-refractivity contribution in [2.45, 2.75) is 11.4 Å². The monoisotopic (exact) mass is 214 g/mol. The van der Waals surface area contributed by atoms with E-state index >= 15 is 0 Å². The van der Waals surface area contributed by atoms with E-state index in [1.807, 2.05) is 11.7 Å². The standard InChI is InChI=1S/C8H14N4OS/c1-10-2-6-4-12-8(13-5-6)7(14-9)3-11-12/h3,6,10H,2,4-5,9H2,1H3. The van der Waals surface area contributed by atoms with Crippen molar-refractivity contribution in [3.8, 4) is 5.88 Å². The fraction of sp³-hybridized carbons (Fsp3) is 0.625. The molecule has 2 heterocycles. The summed E-state index contributed by atoms with van der Waals surface area (Å²) in [4.78, 5) is 0.910. The molecule has 2 rings (SSSR count). The van der Waals surface area contributed by atoms with Gasteiger partial charge in [-0.2, -0.15) is 5.10 Å². The largest absolute Gasteiger partial charge is 0.477 e. The van der Waals surface area contributed by atoms with Crippen molar-refractivity contribution in [2.24, 2.45) is 11.1 Å². The van der Waals surface area contributed by atoms with E-state index in [-0.39, 0.29) is 0 Å². The SMILES string of the molecule is CNCC1COc2c(SN)cnn2C1. The van der Waals surface area contributed by atoms with E-state index in [2.05, 4.69) is 10.4 Å². The Morgan fingerprint density at radius 2 is 2.71 bits per heavy atom. The average molecular weight is 214 g/mol. The topological polar surface area (TPSA) is 65.1 Å². The molecule has 0 aromatic carbocycles. The number of nitrogens with one attached hydrogen (secondary N) is 1. The third-order valence-corrected chi connectivity index (χ3v) is 2.80. The minimum atomic E-state index is 0.489. The number of nitrogens with zero attached hydrogens (tertiary/aromatic N) is 2. The van der Waals surface area contributed by atoms with Gasteiger partial charge in [-0.15, -0.1) is 0 Å². The average Bonchev–Trinajstić information content (AvgIpc) is 2.60. The highest BCUT2D eigenvalue weighted by Crippen LogP contribution is 2.29. The van der Waals surface area contributed by atoms with Crippen molar-refractivity contribution in [3.05, 3.63) is 6.20 Å². The molecule has 0 spiro atoms. The summed E-state index contributed by atoms with van der Waals surface area (Å²) < 4.78 is 7.49. The van der Waals surface area contributed by atoms with E-state index in [0.717, 1.165) is 30.5 Å². The summed E-state index contributed by atoms with van der Waals surface area (Å²) in [7, 11) is 1.94. The van der Waals surface area contributed by atoms with Crippen LogP contribution in [0.2, 0.25) is 0 Å². The van der Waals surface area contributed by atoms with Gasteiger partial charge < -0.3 is 10.1 Å². The summed E-state index contributed by atoms with van der Waals surface area (Å²) >= 11 is 1.18. The zero-order valence-corrected chi connectivity index (χ0v) is 8.88. The van der Waals surface area contributed by atoms with Crippen LogP contribution >= 0.6 is 11.9 Å². The van der Waals surface area contributed by atoms with Crippen molar-refractivity contribution >= 4 is 11.9 Å². The normalized spacial score (nSPS) is 20.3. The molecular weight excluding hydrogens is 200 g/mol. The lowest BCUT2D eigenvalue weighted by Crippen LogP contribution is -2.32. The van der Waals surface area contributed by atoms with E-state index in [4.69, 9.17) is 9.88 Å². The number of hydrogen-bond donors (Lipinski definition) is 2. The van der Waals surface area contributed by atoms with Gasteiger partial charge in [0.2, 0.25) is 5.88 Å². The fourth-order valence-corrected chi connectivity index (χ4v) is 1.99. The van der Waals surface area contributed by atoms with E-state index < -0.39 is 0 Å². The Balaban J connectivity index is 2.12. The molecule has 1 unspecified atom stereocenters. The predicted molar refractivity (Wildman–Crippen MR) is 55.2 cm³/mol. The molecule has 0 radical (unpaired) electrons. The summed E-state index contributed by atoms with van der Waals surface area (Å²) in [5, 5.41) is 12.8. The van der Waals surface area contributed by atoms with Gasteiger partial charge in [-0.25, -0.2) is 4.68 Å². The van der Waals surface area contributed by atoms with Crippen LogP contribution in [-0.4, -0.2) is 30.0 Å². The van der Waals surface area contributed by atoms with E-state index in [9.17, 15) is 0 Å². The lowest BCUT2D eigenvalue weighted by molar-refractivity contribution is 0.159. The van der Waals surface area contributed by atoms with Crippen molar-refractivity contribution in [1.82, 2.24) is 15.1 Å². The fourth-order valence-electron chi connectivity index (χ4n) is 1.62. The molecule has 14 heavy (non-hydrogen) atoms. The first-order chi connectivity index (χ1) is 6.85. The number of ether oxygens (including phenoxy) is 1. The molecule has 0 saturated heterocycles. The quantitative estimate of drug-likeness (QED) is 0.697. The zero-order chi connectivity index (χ0) is 9.97. The van der Waals surface area contributed by atoms with Gasteiger partial charge in [0.25, 0.3) is 0 Å². The summed E-state index contributed by atoms with van der Waals surface area (Å²) in [5.74, 6) is 1.30. The Kier molecular flexibility index (Phi) is 2.95. The molecule has 0 amide bonds. The Morgan fingerprint density at radius 3 is 3.43 bits per heavy atom. The number of fused-ring (bicyclic) bond motifs is 1. The van der Waals surface area contributed by atoms with E-state index in [1.165, 1.54) is 11.9 Å². The van der Waals surface area contributed by atoms with Gasteiger partial charge in [-0.05, 0) is 19.0 Å². The van der Waals surface area contributed by atoms with Crippen LogP contribution in [0.15, 0.2) is 11.1 Å². The maximum atomic E-state index is 5.61. The first-order valence-corrected chi connectivity index (χ1v) is 5.43. The molecule has 0 fully saturated rings. The molecule has 1 atom stereocenters. The van der Waals surface area contributed by atoms with Crippen LogP contribution in [0, 0.1) is 5.92 Å². The van der Waals surface area contributed by atoms with Crippen molar-refractivity contribution in [2.75, 3.05) is 20.2 Å². The molecule has 6 heteroatoms. The van der Waals surface area contributed by atoms with Crippen molar-refractivity contribution < 1.29 is 4.74 Å². The molecule has 0 bridgehead atoms. The van der Waals surface area contributed by atoms with Gasteiger partial charge in [-0.3, -0.25) is 5.14 Å². The van der Waals surface area contributed by atoms with Gasteiger partial charge in [0, 0.05) is 12.5 Å². The molecule has 1 aromatic rings. The maximum Gasteiger partial charge on any atom is 0.227 e. The van der Waals surface area contributed by atoms with Crippen LogP contribution in [-0.2, 0) is 6.54 Å². The summed E-state index contributed by atoms with van der Waals surface area (Å²) in [6.07, 6.45) is 1.75. The van der Waals surface area contributed by atoms with Crippen LogP contribution in [0.4, 0.5) is 0 Å². The molecule has 1 aliphatic rings. The number of aromatic nitrogens is 2. The smallest absolute Gasteiger partial charge is 0.227 e. The molecule has 1 aliphatic heterocycles. The maximum absolute atomic E-state index is 5.61. The molecule has 0 aliphatic carbocycles. The van der Waals surface area contributed by atoms with Crippen LogP contribution in [0.5, 0.6) is 5.88 Å². The summed E-state index contributed by atoms with van der Waals surface area (Å²) in [6.45, 7) is 2.58. The molecule has 3 N–H and O–H groups in total. The number of nitrogens with two attached hydrogens (primary N) is 1. The molecule has 0 saturated carbocycles. The molecule has 78 valence electrons. The summed E-state index contributed by atoms with van der Waals surface area (Å²) in [6, 6.07) is 0. The summed E-state index contributed by atoms with van der Waals surface area (Å²) in [5.41, 5.74) is 0. The van der Waals surface area contributed by atoms with Crippen LogP contribution in [0.1, 0.15) is 0 Å². The third kappa shape index (κ3) is 1.73. The van der Waals surface area contributed by atoms with Crippen molar-refractivity contribution in [3.63, 3.8) is 0 Å². The third-order valence-electron chi connectivity index (χ3n) is 2.27. The Labute approximate surface area is 87.1 Å². The van der Waals surface area contributed by atoms with Gasteiger partial charge in [0.05, 0.1) is 19.3 Å². The highest BCUT2D eigenvalue weighted by atomic mass is 32.2. The highest BCUT2D eigenvalue weighted by molar-refractivity contribution is 7.97.